The number of hydrogen-bond donors (Lipinski definition) is 1. The fraction of sp³-hybridized carbons (Fsp3) is 0.440. The van der Waals surface area contributed by atoms with E-state index in [1.807, 2.05) is 19.1 Å². The van der Waals surface area contributed by atoms with Crippen molar-refractivity contribution in [2.45, 2.75) is 63.4 Å². The Kier molecular flexibility index (Phi) is 10.7. The van der Waals surface area contributed by atoms with Gasteiger partial charge in [0.15, 0.2) is 0 Å². The summed E-state index contributed by atoms with van der Waals surface area (Å²) in [5, 5.41) is 5.01. The zero-order valence-electron chi connectivity index (χ0n) is 19.0. The number of carbonyl (C=O) groups is 2. The van der Waals surface area contributed by atoms with Crippen LogP contribution in [0.2, 0.25) is 20.1 Å². The molecule has 2 aromatic carbocycles. The molecule has 0 aromatic heterocycles. The second kappa shape index (κ2) is 13.3. The van der Waals surface area contributed by atoms with E-state index in [2.05, 4.69) is 5.32 Å². The number of nitrogens with zero attached hydrogens (tertiary/aromatic N) is 1. The monoisotopic (exact) mass is 560 g/mol. The zero-order chi connectivity index (χ0) is 24.7. The lowest BCUT2D eigenvalue weighted by Gasteiger charge is -2.31. The van der Waals surface area contributed by atoms with Crippen LogP contribution >= 0.6 is 58.2 Å². The Hall–Kier alpha value is -1.11. The van der Waals surface area contributed by atoms with E-state index in [4.69, 9.17) is 46.4 Å². The van der Waals surface area contributed by atoms with E-state index in [9.17, 15) is 9.59 Å². The maximum Gasteiger partial charge on any atom is 0.243 e. The summed E-state index contributed by atoms with van der Waals surface area (Å²) in [6.07, 6.45) is 4.74. The van der Waals surface area contributed by atoms with Gasteiger partial charge in [-0.3, -0.25) is 9.59 Å². The van der Waals surface area contributed by atoms with Crippen LogP contribution in [0.25, 0.3) is 0 Å². The molecule has 9 heteroatoms. The first kappa shape index (κ1) is 27.5. The average Bonchev–Trinajstić information content (AvgIpc) is 3.31. The maximum atomic E-state index is 13.4. The molecule has 2 aromatic rings. The second-order valence-corrected chi connectivity index (χ2v) is 11.0. The summed E-state index contributed by atoms with van der Waals surface area (Å²) < 4.78 is 0. The molecule has 1 atom stereocenters. The molecule has 0 heterocycles. The molecular formula is C25H28Cl4N2O2S. The smallest absolute Gasteiger partial charge is 0.243 e. The largest absolute Gasteiger partial charge is 0.352 e. The van der Waals surface area contributed by atoms with Crippen molar-refractivity contribution in [2.75, 3.05) is 5.75 Å². The number of benzene rings is 2. The molecule has 0 radical (unpaired) electrons. The molecule has 0 spiro atoms. The van der Waals surface area contributed by atoms with Crippen molar-refractivity contribution in [3.8, 4) is 0 Å². The van der Waals surface area contributed by atoms with Gasteiger partial charge in [0.05, 0.1) is 25.8 Å². The van der Waals surface area contributed by atoms with Crippen LogP contribution in [0.3, 0.4) is 0 Å². The van der Waals surface area contributed by atoms with Gasteiger partial charge in [-0.2, -0.15) is 0 Å². The predicted molar refractivity (Wildman–Crippen MR) is 144 cm³/mol. The minimum Gasteiger partial charge on any atom is -0.352 e. The molecule has 1 aliphatic carbocycles. The Balaban J connectivity index is 1.72. The van der Waals surface area contributed by atoms with Crippen molar-refractivity contribution in [3.63, 3.8) is 0 Å². The SMILES string of the molecule is CC[C@H](C(=O)NC1CCCC1)N(Cc1ccc(Cl)c(Cl)c1)C(=O)CSCc1ccc(Cl)c(Cl)c1. The summed E-state index contributed by atoms with van der Waals surface area (Å²) >= 11 is 25.8. The predicted octanol–water partition coefficient (Wildman–Crippen LogP) is 7.40. The van der Waals surface area contributed by atoms with Gasteiger partial charge in [0.25, 0.3) is 0 Å². The van der Waals surface area contributed by atoms with Gasteiger partial charge >= 0.3 is 0 Å². The van der Waals surface area contributed by atoms with E-state index in [0.717, 1.165) is 36.8 Å². The van der Waals surface area contributed by atoms with E-state index < -0.39 is 6.04 Å². The van der Waals surface area contributed by atoms with Crippen molar-refractivity contribution in [1.82, 2.24) is 10.2 Å². The fourth-order valence-corrected chi connectivity index (χ4v) is 5.59. The summed E-state index contributed by atoms with van der Waals surface area (Å²) in [6.45, 7) is 2.20. The number of carbonyl (C=O) groups excluding carboxylic acids is 2. The minimum absolute atomic E-state index is 0.0997. The van der Waals surface area contributed by atoms with Crippen LogP contribution in [0.15, 0.2) is 36.4 Å². The maximum absolute atomic E-state index is 13.4. The Morgan fingerprint density at radius 2 is 1.56 bits per heavy atom. The first-order valence-corrected chi connectivity index (χ1v) is 14.0. The van der Waals surface area contributed by atoms with Crippen LogP contribution in [0.4, 0.5) is 0 Å². The molecule has 0 unspecified atom stereocenters. The van der Waals surface area contributed by atoms with Gasteiger partial charge in [-0.1, -0.05) is 78.3 Å². The summed E-state index contributed by atoms with van der Waals surface area (Å²) in [5.41, 5.74) is 1.80. The van der Waals surface area contributed by atoms with Crippen LogP contribution in [-0.2, 0) is 21.9 Å². The van der Waals surface area contributed by atoms with Gasteiger partial charge in [-0.15, -0.1) is 11.8 Å². The molecular weight excluding hydrogens is 534 g/mol. The normalized spacial score (nSPS) is 14.7. The van der Waals surface area contributed by atoms with E-state index in [0.29, 0.717) is 32.3 Å². The van der Waals surface area contributed by atoms with Crippen molar-refractivity contribution in [1.29, 1.82) is 0 Å². The van der Waals surface area contributed by atoms with Crippen LogP contribution in [0.1, 0.15) is 50.2 Å². The van der Waals surface area contributed by atoms with Crippen molar-refractivity contribution in [3.05, 3.63) is 67.6 Å². The molecule has 2 amide bonds. The summed E-state index contributed by atoms with van der Waals surface area (Å²) in [7, 11) is 0. The Labute approximate surface area is 225 Å². The van der Waals surface area contributed by atoms with Crippen LogP contribution < -0.4 is 5.32 Å². The zero-order valence-corrected chi connectivity index (χ0v) is 22.8. The van der Waals surface area contributed by atoms with Gasteiger partial charge in [-0.25, -0.2) is 0 Å². The molecule has 1 N–H and O–H groups in total. The van der Waals surface area contributed by atoms with Gasteiger partial charge in [0.2, 0.25) is 11.8 Å². The van der Waals surface area contributed by atoms with Gasteiger partial charge < -0.3 is 10.2 Å². The van der Waals surface area contributed by atoms with Crippen LogP contribution in [0, 0.1) is 0 Å². The van der Waals surface area contributed by atoms with E-state index in [1.165, 1.54) is 11.8 Å². The molecule has 4 nitrogen and oxygen atoms in total. The molecule has 1 saturated carbocycles. The Bertz CT molecular complexity index is 1010. The third-order valence-corrected chi connectivity index (χ3v) is 8.37. The van der Waals surface area contributed by atoms with Crippen molar-refractivity contribution in [2.24, 2.45) is 0 Å². The number of nitrogens with one attached hydrogen (secondary N) is 1. The highest BCUT2D eigenvalue weighted by atomic mass is 35.5. The number of hydrogen-bond acceptors (Lipinski definition) is 3. The summed E-state index contributed by atoms with van der Waals surface area (Å²) in [4.78, 5) is 28.2. The van der Waals surface area contributed by atoms with Crippen molar-refractivity contribution < 1.29 is 9.59 Å². The minimum atomic E-state index is -0.562. The van der Waals surface area contributed by atoms with Crippen LogP contribution in [-0.4, -0.2) is 34.6 Å². The highest BCUT2D eigenvalue weighted by molar-refractivity contribution is 7.99. The lowest BCUT2D eigenvalue weighted by Crippen LogP contribution is -2.51. The van der Waals surface area contributed by atoms with Gasteiger partial charge in [0.1, 0.15) is 6.04 Å². The molecule has 3 rings (SSSR count). The number of halogens is 4. The molecule has 0 saturated heterocycles. The van der Waals surface area contributed by atoms with Gasteiger partial charge in [0, 0.05) is 18.3 Å². The quantitative estimate of drug-likeness (QED) is 0.329. The van der Waals surface area contributed by atoms with Crippen LogP contribution in [0.5, 0.6) is 0 Å². The number of thioether (sulfide) groups is 1. The second-order valence-electron chi connectivity index (χ2n) is 8.43. The highest BCUT2D eigenvalue weighted by Gasteiger charge is 2.30. The molecule has 1 fully saturated rings. The number of amides is 2. The third kappa shape index (κ3) is 7.69. The lowest BCUT2D eigenvalue weighted by molar-refractivity contribution is -0.139. The molecule has 1 aliphatic rings. The van der Waals surface area contributed by atoms with Crippen molar-refractivity contribution >= 4 is 70.0 Å². The van der Waals surface area contributed by atoms with E-state index >= 15 is 0 Å². The fourth-order valence-electron chi connectivity index (χ4n) is 4.09. The first-order valence-electron chi connectivity index (χ1n) is 11.3. The Morgan fingerprint density at radius 1 is 0.971 bits per heavy atom. The van der Waals surface area contributed by atoms with E-state index in [-0.39, 0.29) is 30.2 Å². The molecule has 0 bridgehead atoms. The molecule has 0 aliphatic heterocycles. The van der Waals surface area contributed by atoms with E-state index in [1.54, 1.807) is 29.2 Å². The highest BCUT2D eigenvalue weighted by Crippen LogP contribution is 2.27. The first-order chi connectivity index (χ1) is 16.3. The lowest BCUT2D eigenvalue weighted by atomic mass is 10.1. The third-order valence-electron chi connectivity index (χ3n) is 5.90. The average molecular weight is 562 g/mol. The summed E-state index contributed by atoms with van der Waals surface area (Å²) in [5.74, 6) is 0.630. The molecule has 184 valence electrons. The Morgan fingerprint density at radius 3 is 2.15 bits per heavy atom. The van der Waals surface area contributed by atoms with Gasteiger partial charge in [-0.05, 0) is 54.7 Å². The summed E-state index contributed by atoms with van der Waals surface area (Å²) in [6, 6.07) is 10.4. The molecule has 34 heavy (non-hydrogen) atoms. The standard InChI is InChI=1S/C25H28Cl4N2O2S/c1-2-23(25(33)30-18-5-3-4-6-18)31(13-16-7-9-19(26)21(28)11-16)24(32)15-34-14-17-8-10-20(27)22(29)12-17/h7-12,18,23H,2-6,13-15H2,1H3,(H,30,33)/t23-/m1/s1. The topological polar surface area (TPSA) is 49.4 Å². The number of rotatable bonds is 10.